The molecule has 0 amide bonds. The minimum Gasteiger partial charge on any atom is -1.00 e. The Balaban J connectivity index is 0.00000144. The highest BCUT2D eigenvalue weighted by Gasteiger charge is 2.39. The fraction of sp³-hybridized carbons (Fsp3) is 0.118. The number of hydrogen-bond donors (Lipinski definition) is 0. The van der Waals surface area contributed by atoms with Gasteiger partial charge in [-0.15, -0.1) is 0 Å². The number of imidazole rings is 1. The minimum atomic E-state index is -0.0894. The molecule has 0 saturated carbocycles. The summed E-state index contributed by atoms with van der Waals surface area (Å²) in [5, 5.41) is 1.94. The first-order valence-corrected chi connectivity index (χ1v) is 6.75. The van der Waals surface area contributed by atoms with Crippen molar-refractivity contribution in [3.05, 3.63) is 65.2 Å². The van der Waals surface area contributed by atoms with E-state index in [1.54, 1.807) is 29.6 Å². The van der Waals surface area contributed by atoms with E-state index in [1.165, 1.54) is 0 Å². The molecule has 4 rings (SSSR count). The van der Waals surface area contributed by atoms with Gasteiger partial charge in [0.25, 0.3) is 0 Å². The van der Waals surface area contributed by atoms with Crippen molar-refractivity contribution in [3.8, 4) is 0 Å². The molecule has 4 nitrogen and oxygen atoms in total. The minimum absolute atomic E-state index is 0. The van der Waals surface area contributed by atoms with Crippen molar-refractivity contribution < 1.29 is 31.1 Å². The van der Waals surface area contributed by atoms with E-state index in [0.29, 0.717) is 22.5 Å². The largest absolute Gasteiger partial charge is 1.00 e. The van der Waals surface area contributed by atoms with Crippen LogP contribution in [0.3, 0.4) is 0 Å². The molecular formula is C17H13BrN2O2. The summed E-state index contributed by atoms with van der Waals surface area (Å²) in [5.74, 6) is -0.179. The Kier molecular flexibility index (Phi) is 3.25. The third kappa shape index (κ3) is 1.78. The molecule has 0 unspecified atom stereocenters. The molecule has 0 bridgehead atoms. The van der Waals surface area contributed by atoms with E-state index < -0.39 is 0 Å². The number of halogens is 1. The van der Waals surface area contributed by atoms with Crippen molar-refractivity contribution in [3.63, 3.8) is 0 Å². The van der Waals surface area contributed by atoms with E-state index in [9.17, 15) is 9.59 Å². The van der Waals surface area contributed by atoms with Gasteiger partial charge in [-0.25, -0.2) is 9.13 Å². The molecule has 0 radical (unpaired) electrons. The van der Waals surface area contributed by atoms with Crippen LogP contribution in [0.15, 0.2) is 42.7 Å². The smallest absolute Gasteiger partial charge is 0.244 e. The van der Waals surface area contributed by atoms with Gasteiger partial charge in [0.1, 0.15) is 0 Å². The molecule has 1 aliphatic rings. The van der Waals surface area contributed by atoms with Crippen LogP contribution in [0.25, 0.3) is 10.8 Å². The van der Waals surface area contributed by atoms with Gasteiger partial charge in [-0.3, -0.25) is 9.59 Å². The summed E-state index contributed by atoms with van der Waals surface area (Å²) in [5.41, 5.74) is 1.91. The lowest BCUT2D eigenvalue weighted by Crippen LogP contribution is -3.00. The van der Waals surface area contributed by atoms with Crippen LogP contribution in [0, 0.1) is 0 Å². The lowest BCUT2D eigenvalue weighted by Gasteiger charge is -2.13. The second-order valence-electron chi connectivity index (χ2n) is 5.44. The average Bonchev–Trinajstić information content (AvgIpc) is 2.78. The van der Waals surface area contributed by atoms with E-state index >= 15 is 0 Å². The predicted molar refractivity (Wildman–Crippen MR) is 77.4 cm³/mol. The van der Waals surface area contributed by atoms with Crippen LogP contribution in [0.4, 0.5) is 0 Å². The van der Waals surface area contributed by atoms with Gasteiger partial charge >= 0.3 is 0 Å². The molecule has 3 aromatic rings. The van der Waals surface area contributed by atoms with Crippen LogP contribution < -0.4 is 21.5 Å². The lowest BCUT2D eigenvalue weighted by atomic mass is 9.87. The maximum Gasteiger partial charge on any atom is 0.244 e. The Labute approximate surface area is 137 Å². The number of aryl methyl sites for hydroxylation is 2. The number of ketones is 2. The summed E-state index contributed by atoms with van der Waals surface area (Å²) in [7, 11) is 3.58. The normalized spacial score (nSPS) is 12.8. The third-order valence-corrected chi connectivity index (χ3v) is 4.08. The molecule has 0 fully saturated rings. The Hall–Kier alpha value is -2.27. The molecule has 5 heteroatoms. The summed E-state index contributed by atoms with van der Waals surface area (Å²) in [6, 6.07) is 11.4. The van der Waals surface area contributed by atoms with Crippen LogP contribution in [-0.2, 0) is 14.1 Å². The molecule has 0 spiro atoms. The number of fused-ring (bicyclic) bond motifs is 3. The first-order valence-electron chi connectivity index (χ1n) is 6.75. The highest BCUT2D eigenvalue weighted by molar-refractivity contribution is 6.27. The molecule has 1 aliphatic carbocycles. The van der Waals surface area contributed by atoms with Gasteiger partial charge in [0.05, 0.1) is 14.1 Å². The van der Waals surface area contributed by atoms with Crippen molar-refractivity contribution in [1.82, 2.24) is 4.57 Å². The first kappa shape index (κ1) is 14.7. The second kappa shape index (κ2) is 4.88. The first-order chi connectivity index (χ1) is 10.1. The fourth-order valence-corrected chi connectivity index (χ4v) is 3.12. The quantitative estimate of drug-likeness (QED) is 0.371. The monoisotopic (exact) mass is 356 g/mol. The maximum absolute atomic E-state index is 12.7. The van der Waals surface area contributed by atoms with Gasteiger partial charge < -0.3 is 17.0 Å². The summed E-state index contributed by atoms with van der Waals surface area (Å²) < 4.78 is 3.43. The van der Waals surface area contributed by atoms with Crippen molar-refractivity contribution in [2.45, 2.75) is 0 Å². The number of carbonyl (C=O) groups excluding carboxylic acids is 2. The van der Waals surface area contributed by atoms with E-state index in [0.717, 1.165) is 10.8 Å². The number of aromatic nitrogens is 2. The van der Waals surface area contributed by atoms with Gasteiger partial charge in [-0.05, 0) is 22.9 Å². The van der Waals surface area contributed by atoms with Crippen molar-refractivity contribution >= 4 is 22.3 Å². The van der Waals surface area contributed by atoms with Crippen LogP contribution >= 0.6 is 0 Å². The summed E-state index contributed by atoms with van der Waals surface area (Å²) in [4.78, 5) is 25.5. The van der Waals surface area contributed by atoms with Crippen molar-refractivity contribution in [1.29, 1.82) is 0 Å². The number of carbonyl (C=O) groups is 2. The third-order valence-electron chi connectivity index (χ3n) is 4.08. The SMILES string of the molecule is Cn1c[n+](C)c2c1C(=O)c1cc3ccccc3cc1C2=O.[Br-]. The fourth-order valence-electron chi connectivity index (χ4n) is 3.12. The summed E-state index contributed by atoms with van der Waals surface area (Å²) >= 11 is 0. The van der Waals surface area contributed by atoms with Crippen LogP contribution in [0.1, 0.15) is 32.1 Å². The number of hydrogen-bond acceptors (Lipinski definition) is 2. The Morgan fingerprint density at radius 1 is 0.955 bits per heavy atom. The molecular weight excluding hydrogens is 344 g/mol. The zero-order valence-electron chi connectivity index (χ0n) is 12.1. The summed E-state index contributed by atoms with van der Waals surface area (Å²) in [6.45, 7) is 0. The van der Waals surface area contributed by atoms with Crippen LogP contribution in [0.2, 0.25) is 0 Å². The molecule has 2 aromatic carbocycles. The predicted octanol–water partition coefficient (Wildman–Crippen LogP) is -1.22. The van der Waals surface area contributed by atoms with E-state index in [1.807, 2.05) is 36.4 Å². The molecule has 1 heterocycles. The second-order valence-corrected chi connectivity index (χ2v) is 5.44. The molecule has 110 valence electrons. The molecule has 0 N–H and O–H groups in total. The summed E-state index contributed by atoms with van der Waals surface area (Å²) in [6.07, 6.45) is 1.76. The highest BCUT2D eigenvalue weighted by atomic mass is 79.9. The lowest BCUT2D eigenvalue weighted by molar-refractivity contribution is -0.672. The Morgan fingerprint density at radius 3 is 2.09 bits per heavy atom. The molecule has 0 atom stereocenters. The van der Waals surface area contributed by atoms with Gasteiger partial charge in [0.15, 0.2) is 0 Å². The van der Waals surface area contributed by atoms with E-state index in [4.69, 9.17) is 0 Å². The number of rotatable bonds is 0. The zero-order valence-corrected chi connectivity index (χ0v) is 13.7. The van der Waals surface area contributed by atoms with E-state index in [-0.39, 0.29) is 28.5 Å². The van der Waals surface area contributed by atoms with Crippen molar-refractivity contribution in [2.75, 3.05) is 0 Å². The zero-order chi connectivity index (χ0) is 14.7. The Bertz CT molecular complexity index is 882. The molecule has 0 aliphatic heterocycles. The van der Waals surface area contributed by atoms with Gasteiger partial charge in [-0.2, -0.15) is 0 Å². The topological polar surface area (TPSA) is 43.0 Å². The van der Waals surface area contributed by atoms with Crippen LogP contribution in [0.5, 0.6) is 0 Å². The molecule has 22 heavy (non-hydrogen) atoms. The van der Waals surface area contributed by atoms with E-state index in [2.05, 4.69) is 0 Å². The average molecular weight is 357 g/mol. The maximum atomic E-state index is 12.7. The number of benzene rings is 2. The van der Waals surface area contributed by atoms with Gasteiger partial charge in [0.2, 0.25) is 29.3 Å². The molecule has 1 aromatic heterocycles. The van der Waals surface area contributed by atoms with Gasteiger partial charge in [0, 0.05) is 11.1 Å². The number of nitrogens with zero attached hydrogens (tertiary/aromatic N) is 2. The Morgan fingerprint density at radius 2 is 1.50 bits per heavy atom. The molecule has 0 saturated heterocycles. The highest BCUT2D eigenvalue weighted by Crippen LogP contribution is 2.29. The van der Waals surface area contributed by atoms with Crippen LogP contribution in [-0.4, -0.2) is 16.1 Å². The standard InChI is InChI=1S/C17H13N2O2.BrH/c1-18-9-19(2)15-14(18)16(20)12-7-10-5-3-4-6-11(10)8-13(12)17(15)21;/h3-9H,1-2H3;1H/q+1;/p-1. The van der Waals surface area contributed by atoms with Crippen molar-refractivity contribution in [2.24, 2.45) is 14.1 Å². The van der Waals surface area contributed by atoms with Gasteiger partial charge in [-0.1, -0.05) is 24.3 Å².